The Morgan fingerprint density at radius 1 is 1.38 bits per heavy atom. The van der Waals surface area contributed by atoms with Crippen molar-refractivity contribution in [2.45, 2.75) is 39.2 Å². The Hall–Kier alpha value is -1.06. The predicted molar refractivity (Wildman–Crippen MR) is 87.6 cm³/mol. The van der Waals surface area contributed by atoms with Gasteiger partial charge in [0.05, 0.1) is 6.42 Å². The largest absolute Gasteiger partial charge is 0.340 e. The molecular weight excluding hydrogens is 284 g/mol. The molecule has 1 saturated heterocycles. The Bertz CT molecular complexity index is 470. The van der Waals surface area contributed by atoms with Gasteiger partial charge < -0.3 is 10.2 Å². The SMILES string of the molecule is CC(C)N(CC1CCNCC1)C(=O)Cc1cccc(Cl)c1. The van der Waals surface area contributed by atoms with E-state index in [4.69, 9.17) is 11.6 Å². The molecule has 0 saturated carbocycles. The second-order valence-electron chi connectivity index (χ2n) is 6.14. The number of nitrogens with one attached hydrogen (secondary N) is 1. The molecule has 1 aromatic rings. The number of hydrogen-bond donors (Lipinski definition) is 1. The topological polar surface area (TPSA) is 32.3 Å². The maximum Gasteiger partial charge on any atom is 0.227 e. The van der Waals surface area contributed by atoms with Crippen LogP contribution in [0.1, 0.15) is 32.3 Å². The molecule has 1 aliphatic heterocycles. The number of carbonyl (C=O) groups is 1. The van der Waals surface area contributed by atoms with E-state index in [2.05, 4.69) is 19.2 Å². The smallest absolute Gasteiger partial charge is 0.227 e. The zero-order chi connectivity index (χ0) is 15.2. The number of hydrogen-bond acceptors (Lipinski definition) is 2. The molecule has 1 aliphatic rings. The van der Waals surface area contributed by atoms with Gasteiger partial charge in [-0.3, -0.25) is 4.79 Å². The fraction of sp³-hybridized carbons (Fsp3) is 0.588. The Morgan fingerprint density at radius 2 is 2.10 bits per heavy atom. The van der Waals surface area contributed by atoms with Crippen molar-refractivity contribution in [2.75, 3.05) is 19.6 Å². The second kappa shape index (κ2) is 7.81. The summed E-state index contributed by atoms with van der Waals surface area (Å²) in [4.78, 5) is 14.6. The highest BCUT2D eigenvalue weighted by atomic mass is 35.5. The number of amides is 1. The molecule has 0 aromatic heterocycles. The monoisotopic (exact) mass is 308 g/mol. The van der Waals surface area contributed by atoms with Gasteiger partial charge in [0.2, 0.25) is 5.91 Å². The van der Waals surface area contributed by atoms with Crippen LogP contribution in [0, 0.1) is 5.92 Å². The molecule has 0 atom stereocenters. The number of benzene rings is 1. The number of nitrogens with zero attached hydrogens (tertiary/aromatic N) is 1. The van der Waals surface area contributed by atoms with Gasteiger partial charge in [-0.15, -0.1) is 0 Å². The molecule has 21 heavy (non-hydrogen) atoms. The average molecular weight is 309 g/mol. The molecule has 3 nitrogen and oxygen atoms in total. The Balaban J connectivity index is 1.98. The molecule has 116 valence electrons. The van der Waals surface area contributed by atoms with Gasteiger partial charge in [0.25, 0.3) is 0 Å². The van der Waals surface area contributed by atoms with Crippen LogP contribution >= 0.6 is 11.6 Å². The molecular formula is C17H25ClN2O. The summed E-state index contributed by atoms with van der Waals surface area (Å²) in [5, 5.41) is 4.06. The molecule has 1 heterocycles. The number of halogens is 1. The van der Waals surface area contributed by atoms with Gasteiger partial charge in [-0.2, -0.15) is 0 Å². The lowest BCUT2D eigenvalue weighted by molar-refractivity contribution is -0.133. The van der Waals surface area contributed by atoms with Gasteiger partial charge in [0.1, 0.15) is 0 Å². The second-order valence-corrected chi connectivity index (χ2v) is 6.58. The summed E-state index contributed by atoms with van der Waals surface area (Å²) in [6.45, 7) is 7.20. The summed E-state index contributed by atoms with van der Waals surface area (Å²) < 4.78 is 0. The van der Waals surface area contributed by atoms with Crippen molar-refractivity contribution in [3.05, 3.63) is 34.9 Å². The lowest BCUT2D eigenvalue weighted by atomic mass is 9.96. The van der Waals surface area contributed by atoms with Crippen LogP contribution in [0.4, 0.5) is 0 Å². The van der Waals surface area contributed by atoms with E-state index >= 15 is 0 Å². The minimum atomic E-state index is 0.200. The van der Waals surface area contributed by atoms with Crippen molar-refractivity contribution >= 4 is 17.5 Å². The number of piperidine rings is 1. The minimum Gasteiger partial charge on any atom is -0.340 e. The zero-order valence-electron chi connectivity index (χ0n) is 12.9. The molecule has 4 heteroatoms. The van der Waals surface area contributed by atoms with Crippen LogP contribution in [0.15, 0.2) is 24.3 Å². The predicted octanol–water partition coefficient (Wildman–Crippen LogP) is 3.12. The van der Waals surface area contributed by atoms with E-state index in [-0.39, 0.29) is 11.9 Å². The lowest BCUT2D eigenvalue weighted by Gasteiger charge is -2.33. The quantitative estimate of drug-likeness (QED) is 0.906. The van der Waals surface area contributed by atoms with Crippen LogP contribution in [0.3, 0.4) is 0 Å². The Labute approximate surface area is 132 Å². The van der Waals surface area contributed by atoms with Crippen LogP contribution in [0.2, 0.25) is 5.02 Å². The first kappa shape index (κ1) is 16.3. The van der Waals surface area contributed by atoms with Gasteiger partial charge in [-0.1, -0.05) is 23.7 Å². The van der Waals surface area contributed by atoms with Crippen LogP contribution < -0.4 is 5.32 Å². The summed E-state index contributed by atoms with van der Waals surface area (Å²) in [5.74, 6) is 0.822. The highest BCUT2D eigenvalue weighted by molar-refractivity contribution is 6.30. The summed E-state index contributed by atoms with van der Waals surface area (Å²) in [5.41, 5.74) is 0.989. The van der Waals surface area contributed by atoms with E-state index < -0.39 is 0 Å². The van der Waals surface area contributed by atoms with Crippen LogP contribution in [-0.4, -0.2) is 36.5 Å². The molecule has 1 aromatic carbocycles. The molecule has 0 unspecified atom stereocenters. The molecule has 0 aliphatic carbocycles. The summed E-state index contributed by atoms with van der Waals surface area (Å²) in [6, 6.07) is 7.82. The van der Waals surface area contributed by atoms with E-state index in [9.17, 15) is 4.79 Å². The van der Waals surface area contributed by atoms with Gasteiger partial charge >= 0.3 is 0 Å². The third-order valence-electron chi connectivity index (χ3n) is 4.10. The van der Waals surface area contributed by atoms with Gasteiger partial charge in [0.15, 0.2) is 0 Å². The van der Waals surface area contributed by atoms with Gasteiger partial charge in [0, 0.05) is 17.6 Å². The third kappa shape index (κ3) is 5.01. The van der Waals surface area contributed by atoms with Crippen molar-refractivity contribution in [3.8, 4) is 0 Å². The molecule has 1 fully saturated rings. The molecule has 2 rings (SSSR count). The molecule has 1 amide bonds. The van der Waals surface area contributed by atoms with Gasteiger partial charge in [-0.25, -0.2) is 0 Å². The van der Waals surface area contributed by atoms with E-state index in [1.807, 2.05) is 29.2 Å². The van der Waals surface area contributed by atoms with Crippen molar-refractivity contribution in [2.24, 2.45) is 5.92 Å². The maximum absolute atomic E-state index is 12.6. The first-order valence-electron chi connectivity index (χ1n) is 7.81. The zero-order valence-corrected chi connectivity index (χ0v) is 13.7. The van der Waals surface area contributed by atoms with Crippen LogP contribution in [-0.2, 0) is 11.2 Å². The first-order chi connectivity index (χ1) is 10.1. The van der Waals surface area contributed by atoms with E-state index in [1.54, 1.807) is 0 Å². The van der Waals surface area contributed by atoms with Crippen LogP contribution in [0.25, 0.3) is 0 Å². The summed E-state index contributed by atoms with van der Waals surface area (Å²) in [7, 11) is 0. The standard InChI is InChI=1S/C17H25ClN2O/c1-13(2)20(12-14-6-8-19-9-7-14)17(21)11-15-4-3-5-16(18)10-15/h3-5,10,13-14,19H,6-9,11-12H2,1-2H3. The van der Waals surface area contributed by atoms with E-state index in [1.165, 1.54) is 0 Å². The van der Waals surface area contributed by atoms with Crippen LogP contribution in [0.5, 0.6) is 0 Å². The van der Waals surface area contributed by atoms with E-state index in [0.29, 0.717) is 17.4 Å². The number of rotatable bonds is 5. The number of carbonyl (C=O) groups excluding carboxylic acids is 1. The summed E-state index contributed by atoms with van der Waals surface area (Å²) in [6.07, 6.45) is 2.76. The molecule has 0 radical (unpaired) electrons. The highest BCUT2D eigenvalue weighted by Gasteiger charge is 2.22. The first-order valence-corrected chi connectivity index (χ1v) is 8.18. The fourth-order valence-corrected chi connectivity index (χ4v) is 3.08. The van der Waals surface area contributed by atoms with Crippen molar-refractivity contribution in [1.82, 2.24) is 10.2 Å². The Morgan fingerprint density at radius 3 is 2.71 bits per heavy atom. The van der Waals surface area contributed by atoms with Crippen molar-refractivity contribution < 1.29 is 4.79 Å². The minimum absolute atomic E-state index is 0.200. The lowest BCUT2D eigenvalue weighted by Crippen LogP contribution is -2.43. The van der Waals surface area contributed by atoms with Crippen molar-refractivity contribution in [1.29, 1.82) is 0 Å². The van der Waals surface area contributed by atoms with Crippen molar-refractivity contribution in [3.63, 3.8) is 0 Å². The summed E-state index contributed by atoms with van der Waals surface area (Å²) >= 11 is 5.99. The Kier molecular flexibility index (Phi) is 6.07. The molecule has 0 spiro atoms. The maximum atomic E-state index is 12.6. The van der Waals surface area contributed by atoms with E-state index in [0.717, 1.165) is 38.0 Å². The molecule has 0 bridgehead atoms. The van der Waals surface area contributed by atoms with Gasteiger partial charge in [-0.05, 0) is 63.4 Å². The third-order valence-corrected chi connectivity index (χ3v) is 4.34. The fourth-order valence-electron chi connectivity index (χ4n) is 2.87. The highest BCUT2D eigenvalue weighted by Crippen LogP contribution is 2.17. The average Bonchev–Trinajstić information content (AvgIpc) is 2.45. The normalized spacial score (nSPS) is 16.2. The molecule has 1 N–H and O–H groups in total.